The first kappa shape index (κ1) is 14.0. The highest BCUT2D eigenvalue weighted by Crippen LogP contribution is 2.20. The molecule has 2 aromatic rings. The number of thioether (sulfide) groups is 1. The summed E-state index contributed by atoms with van der Waals surface area (Å²) in [5.74, 6) is 2.19. The minimum atomic E-state index is -0.156. The molecule has 0 bridgehead atoms. The molecule has 0 aliphatic rings. The van der Waals surface area contributed by atoms with Crippen LogP contribution in [0.25, 0.3) is 0 Å². The van der Waals surface area contributed by atoms with Crippen molar-refractivity contribution in [3.8, 4) is 0 Å². The molecule has 19 heavy (non-hydrogen) atoms. The normalized spacial score (nSPS) is 13.1. The Kier molecular flexibility index (Phi) is 4.92. The van der Waals surface area contributed by atoms with Gasteiger partial charge in [-0.1, -0.05) is 30.8 Å². The second-order valence-corrected chi connectivity index (χ2v) is 5.51. The first-order chi connectivity index (χ1) is 9.15. The van der Waals surface area contributed by atoms with Crippen molar-refractivity contribution >= 4 is 11.8 Å². The highest BCUT2D eigenvalue weighted by molar-refractivity contribution is 7.98. The van der Waals surface area contributed by atoms with E-state index < -0.39 is 0 Å². The number of rotatable bonds is 7. The van der Waals surface area contributed by atoms with E-state index in [1.807, 2.05) is 6.92 Å². The van der Waals surface area contributed by atoms with E-state index in [1.54, 1.807) is 6.20 Å². The Labute approximate surface area is 115 Å². The molecule has 1 atom stereocenters. The van der Waals surface area contributed by atoms with E-state index in [-0.39, 0.29) is 6.10 Å². The van der Waals surface area contributed by atoms with Gasteiger partial charge in [0.1, 0.15) is 11.1 Å². The van der Waals surface area contributed by atoms with Gasteiger partial charge >= 0.3 is 0 Å². The summed E-state index contributed by atoms with van der Waals surface area (Å²) in [6.45, 7) is 6.80. The van der Waals surface area contributed by atoms with Crippen molar-refractivity contribution in [1.82, 2.24) is 25.6 Å². The van der Waals surface area contributed by atoms with Crippen molar-refractivity contribution in [1.29, 1.82) is 0 Å². The SMILES string of the molecule is CC(C)COC(C)c1noc(CSc2cn[nH]n2)n1. The molecule has 1 unspecified atom stereocenters. The summed E-state index contributed by atoms with van der Waals surface area (Å²) in [5, 5.41) is 14.9. The first-order valence-electron chi connectivity index (χ1n) is 6.07. The van der Waals surface area contributed by atoms with Gasteiger partial charge in [-0.05, 0) is 12.8 Å². The molecule has 2 heterocycles. The second kappa shape index (κ2) is 6.67. The number of H-pyrrole nitrogens is 1. The number of hydrogen-bond acceptors (Lipinski definition) is 7. The Hall–Kier alpha value is -1.41. The van der Waals surface area contributed by atoms with E-state index in [0.29, 0.717) is 30.0 Å². The number of hydrogen-bond donors (Lipinski definition) is 1. The van der Waals surface area contributed by atoms with Gasteiger partial charge in [-0.25, -0.2) is 0 Å². The lowest BCUT2D eigenvalue weighted by molar-refractivity contribution is 0.0402. The van der Waals surface area contributed by atoms with Crippen LogP contribution >= 0.6 is 11.8 Å². The summed E-state index contributed by atoms with van der Waals surface area (Å²) in [6.07, 6.45) is 1.49. The van der Waals surface area contributed by atoms with Crippen molar-refractivity contribution in [3.05, 3.63) is 17.9 Å². The topological polar surface area (TPSA) is 89.7 Å². The van der Waals surface area contributed by atoms with Gasteiger partial charge in [-0.15, -0.1) is 5.10 Å². The van der Waals surface area contributed by atoms with Gasteiger partial charge in [0, 0.05) is 6.61 Å². The van der Waals surface area contributed by atoms with Crippen molar-refractivity contribution in [3.63, 3.8) is 0 Å². The molecule has 2 rings (SSSR count). The maximum atomic E-state index is 5.63. The second-order valence-electron chi connectivity index (χ2n) is 4.51. The van der Waals surface area contributed by atoms with Crippen molar-refractivity contribution in [2.75, 3.05) is 6.61 Å². The molecular weight excluding hydrogens is 266 g/mol. The minimum absolute atomic E-state index is 0.156. The predicted molar refractivity (Wildman–Crippen MR) is 69.4 cm³/mol. The van der Waals surface area contributed by atoms with Crippen LogP contribution in [0.3, 0.4) is 0 Å². The predicted octanol–water partition coefficient (Wildman–Crippen LogP) is 2.21. The number of ether oxygens (including phenoxy) is 1. The van der Waals surface area contributed by atoms with Gasteiger partial charge in [0.15, 0.2) is 5.82 Å². The lowest BCUT2D eigenvalue weighted by Crippen LogP contribution is -2.07. The number of aromatic amines is 1. The Balaban J connectivity index is 1.84. The van der Waals surface area contributed by atoms with Gasteiger partial charge in [-0.2, -0.15) is 15.3 Å². The monoisotopic (exact) mass is 283 g/mol. The summed E-state index contributed by atoms with van der Waals surface area (Å²) in [7, 11) is 0. The van der Waals surface area contributed by atoms with Crippen LogP contribution in [0.4, 0.5) is 0 Å². The average molecular weight is 283 g/mol. The molecule has 0 radical (unpaired) electrons. The van der Waals surface area contributed by atoms with Gasteiger partial charge in [-0.3, -0.25) is 0 Å². The summed E-state index contributed by atoms with van der Waals surface area (Å²) in [5.41, 5.74) is 0. The van der Waals surface area contributed by atoms with Gasteiger partial charge in [0.25, 0.3) is 0 Å². The van der Waals surface area contributed by atoms with Crippen molar-refractivity contribution in [2.24, 2.45) is 5.92 Å². The quantitative estimate of drug-likeness (QED) is 0.779. The molecule has 0 aliphatic heterocycles. The van der Waals surface area contributed by atoms with Crippen molar-refractivity contribution < 1.29 is 9.26 Å². The van der Waals surface area contributed by atoms with Crippen LogP contribution < -0.4 is 0 Å². The van der Waals surface area contributed by atoms with Crippen LogP contribution in [0, 0.1) is 5.92 Å². The van der Waals surface area contributed by atoms with Crippen LogP contribution in [0.15, 0.2) is 15.7 Å². The zero-order chi connectivity index (χ0) is 13.7. The molecule has 0 saturated carbocycles. The smallest absolute Gasteiger partial charge is 0.237 e. The Morgan fingerprint density at radius 2 is 2.26 bits per heavy atom. The highest BCUT2D eigenvalue weighted by atomic mass is 32.2. The standard InChI is InChI=1S/C11H17N5O2S/c1-7(2)5-17-8(3)11-13-9(18-15-11)6-19-10-4-12-16-14-10/h4,7-8H,5-6H2,1-3H3,(H,12,14,16). The Morgan fingerprint density at radius 3 is 2.95 bits per heavy atom. The van der Waals surface area contributed by atoms with E-state index in [4.69, 9.17) is 9.26 Å². The summed E-state index contributed by atoms with van der Waals surface area (Å²) >= 11 is 1.48. The molecule has 2 aromatic heterocycles. The summed E-state index contributed by atoms with van der Waals surface area (Å²) in [4.78, 5) is 4.31. The summed E-state index contributed by atoms with van der Waals surface area (Å²) in [6, 6.07) is 0. The van der Waals surface area contributed by atoms with Gasteiger partial charge in [0.05, 0.1) is 11.9 Å². The van der Waals surface area contributed by atoms with Gasteiger partial charge in [0.2, 0.25) is 5.89 Å². The van der Waals surface area contributed by atoms with E-state index in [9.17, 15) is 0 Å². The molecular formula is C11H17N5O2S. The van der Waals surface area contributed by atoms with Crippen LogP contribution in [0.2, 0.25) is 0 Å². The van der Waals surface area contributed by atoms with E-state index in [2.05, 4.69) is 39.4 Å². The maximum absolute atomic E-state index is 5.63. The van der Waals surface area contributed by atoms with E-state index in [1.165, 1.54) is 11.8 Å². The number of nitrogens with zero attached hydrogens (tertiary/aromatic N) is 4. The van der Waals surface area contributed by atoms with E-state index in [0.717, 1.165) is 5.03 Å². The third-order valence-corrected chi connectivity index (χ3v) is 3.15. The third kappa shape index (κ3) is 4.32. The Morgan fingerprint density at radius 1 is 1.42 bits per heavy atom. The molecule has 0 aromatic carbocycles. The zero-order valence-electron chi connectivity index (χ0n) is 11.2. The molecule has 0 spiro atoms. The van der Waals surface area contributed by atoms with Gasteiger partial charge < -0.3 is 9.26 Å². The van der Waals surface area contributed by atoms with Crippen LogP contribution in [-0.2, 0) is 10.5 Å². The summed E-state index contributed by atoms with van der Waals surface area (Å²) < 4.78 is 10.8. The average Bonchev–Trinajstić information content (AvgIpc) is 3.04. The fraction of sp³-hybridized carbons (Fsp3) is 0.636. The lowest BCUT2D eigenvalue weighted by atomic mass is 10.2. The molecule has 8 heteroatoms. The van der Waals surface area contributed by atoms with Crippen molar-refractivity contribution in [2.45, 2.75) is 37.7 Å². The number of nitrogens with one attached hydrogen (secondary N) is 1. The van der Waals surface area contributed by atoms with Crippen LogP contribution in [0.1, 0.15) is 38.6 Å². The fourth-order valence-electron chi connectivity index (χ4n) is 1.30. The fourth-order valence-corrected chi connectivity index (χ4v) is 1.92. The largest absolute Gasteiger partial charge is 0.370 e. The van der Waals surface area contributed by atoms with Crippen LogP contribution in [-0.4, -0.2) is 32.2 Å². The first-order valence-corrected chi connectivity index (χ1v) is 7.06. The molecule has 7 nitrogen and oxygen atoms in total. The molecule has 0 saturated heterocycles. The van der Waals surface area contributed by atoms with E-state index >= 15 is 0 Å². The third-order valence-electron chi connectivity index (χ3n) is 2.26. The molecule has 0 fully saturated rings. The lowest BCUT2D eigenvalue weighted by Gasteiger charge is -2.10. The minimum Gasteiger partial charge on any atom is -0.370 e. The maximum Gasteiger partial charge on any atom is 0.237 e. The number of aromatic nitrogens is 5. The molecule has 104 valence electrons. The Bertz CT molecular complexity index is 485. The zero-order valence-corrected chi connectivity index (χ0v) is 12.0. The van der Waals surface area contributed by atoms with Crippen LogP contribution in [0.5, 0.6) is 0 Å². The molecule has 0 amide bonds. The highest BCUT2D eigenvalue weighted by Gasteiger charge is 2.15. The molecule has 1 N–H and O–H groups in total. The molecule has 0 aliphatic carbocycles.